The topological polar surface area (TPSA) is 113 Å². The van der Waals surface area contributed by atoms with Crippen LogP contribution in [0.1, 0.15) is 21.8 Å². The molecule has 0 saturated carbocycles. The number of nitrogens with zero attached hydrogens (tertiary/aromatic N) is 3. The summed E-state index contributed by atoms with van der Waals surface area (Å²) in [7, 11) is 0. The maximum absolute atomic E-state index is 13.0. The van der Waals surface area contributed by atoms with Crippen LogP contribution in [0.3, 0.4) is 0 Å². The van der Waals surface area contributed by atoms with Gasteiger partial charge in [0.05, 0.1) is 24.0 Å². The first-order chi connectivity index (χ1) is 12.6. The summed E-state index contributed by atoms with van der Waals surface area (Å²) in [4.78, 5) is 41.4. The number of carbonyl (C=O) groups excluding carboxylic acids is 2. The number of hydrogen-bond acceptors (Lipinski definition) is 6. The summed E-state index contributed by atoms with van der Waals surface area (Å²) in [5.74, 6) is -2.10. The van der Waals surface area contributed by atoms with Crippen LogP contribution in [-0.2, 0) is 4.79 Å². The molecule has 0 fully saturated rings. The molecule has 0 unspecified atom stereocenters. The number of aliphatic hydroxyl groups is 1. The Labute approximate surface area is 148 Å². The van der Waals surface area contributed by atoms with Gasteiger partial charge in [0, 0.05) is 17.8 Å². The number of anilines is 1. The summed E-state index contributed by atoms with van der Waals surface area (Å²) in [6, 6.07) is 12.2. The molecule has 8 nitrogen and oxygen atoms in total. The first-order valence-electron chi connectivity index (χ1n) is 7.87. The van der Waals surface area contributed by atoms with Crippen LogP contribution >= 0.6 is 0 Å². The lowest BCUT2D eigenvalue weighted by molar-refractivity contribution is -0.384. The van der Waals surface area contributed by atoms with Gasteiger partial charge in [-0.1, -0.05) is 30.3 Å². The van der Waals surface area contributed by atoms with Crippen LogP contribution in [-0.4, -0.2) is 41.2 Å². The van der Waals surface area contributed by atoms with Crippen molar-refractivity contribution < 1.29 is 19.6 Å². The number of nitro groups is 1. The zero-order chi connectivity index (χ0) is 18.7. The zero-order valence-corrected chi connectivity index (χ0v) is 13.6. The first kappa shape index (κ1) is 17.4. The van der Waals surface area contributed by atoms with Crippen LogP contribution in [0.25, 0.3) is 0 Å². The lowest BCUT2D eigenvalue weighted by atomic mass is 9.88. The first-order valence-corrected chi connectivity index (χ1v) is 7.87. The number of imide groups is 1. The fraction of sp³-hybridized carbons (Fsp3) is 0.167. The number of hydrogen-bond donors (Lipinski definition) is 1. The SMILES string of the molecule is O=C1c2ccccc2[C@H](C=NCCO)C(=O)N1c1ccccc1[N+](=O)[O-]. The van der Waals surface area contributed by atoms with Crippen LogP contribution in [0.5, 0.6) is 0 Å². The van der Waals surface area contributed by atoms with Gasteiger partial charge in [-0.2, -0.15) is 0 Å². The molecular weight excluding hydrogens is 338 g/mol. The van der Waals surface area contributed by atoms with Crippen molar-refractivity contribution in [2.45, 2.75) is 5.92 Å². The Hall–Kier alpha value is -3.39. The van der Waals surface area contributed by atoms with Gasteiger partial charge in [-0.05, 0) is 17.7 Å². The molecule has 1 heterocycles. The van der Waals surface area contributed by atoms with Crippen LogP contribution in [0.2, 0.25) is 0 Å². The highest BCUT2D eigenvalue weighted by Gasteiger charge is 2.41. The van der Waals surface area contributed by atoms with E-state index in [1.54, 1.807) is 24.3 Å². The van der Waals surface area contributed by atoms with Crippen molar-refractivity contribution in [2.24, 2.45) is 4.99 Å². The Morgan fingerprint density at radius 2 is 1.85 bits per heavy atom. The number of aliphatic hydroxyl groups excluding tert-OH is 1. The number of carbonyl (C=O) groups is 2. The number of nitro benzene ring substituents is 1. The number of fused-ring (bicyclic) bond motifs is 1. The zero-order valence-electron chi connectivity index (χ0n) is 13.6. The van der Waals surface area contributed by atoms with Crippen molar-refractivity contribution in [2.75, 3.05) is 18.1 Å². The number of amides is 2. The van der Waals surface area contributed by atoms with E-state index in [0.717, 1.165) is 4.90 Å². The smallest absolute Gasteiger partial charge is 0.293 e. The standard InChI is InChI=1S/C18H15N3O5/c22-10-9-19-11-14-12-5-1-2-6-13(12)17(23)20(18(14)24)15-7-3-4-8-16(15)21(25)26/h1-8,11,14,22H,9-10H2/t14-/m0/s1. The molecule has 8 heteroatoms. The molecule has 132 valence electrons. The largest absolute Gasteiger partial charge is 0.394 e. The average Bonchev–Trinajstić information content (AvgIpc) is 2.65. The number of aliphatic imine (C=N–C) groups is 1. The molecule has 0 aliphatic carbocycles. The Kier molecular flexibility index (Phi) is 4.85. The summed E-state index contributed by atoms with van der Waals surface area (Å²) >= 11 is 0. The molecule has 0 saturated heterocycles. The molecule has 1 aliphatic heterocycles. The Morgan fingerprint density at radius 3 is 2.58 bits per heavy atom. The van der Waals surface area contributed by atoms with E-state index in [-0.39, 0.29) is 30.1 Å². The van der Waals surface area contributed by atoms with Crippen molar-refractivity contribution >= 4 is 29.4 Å². The van der Waals surface area contributed by atoms with Gasteiger partial charge in [-0.3, -0.25) is 24.7 Å². The highest BCUT2D eigenvalue weighted by Crippen LogP contribution is 2.36. The number of benzene rings is 2. The molecule has 1 N–H and O–H groups in total. The van der Waals surface area contributed by atoms with Crippen LogP contribution in [0, 0.1) is 10.1 Å². The van der Waals surface area contributed by atoms with E-state index < -0.39 is 22.7 Å². The second-order valence-corrected chi connectivity index (χ2v) is 5.57. The van der Waals surface area contributed by atoms with Crippen LogP contribution in [0.15, 0.2) is 53.5 Å². The molecule has 3 rings (SSSR count). The quantitative estimate of drug-likeness (QED) is 0.382. The summed E-state index contributed by atoms with van der Waals surface area (Å²) in [6.07, 6.45) is 1.37. The maximum Gasteiger partial charge on any atom is 0.293 e. The monoisotopic (exact) mass is 353 g/mol. The molecule has 0 spiro atoms. The number of rotatable bonds is 5. The second-order valence-electron chi connectivity index (χ2n) is 5.57. The minimum atomic E-state index is -0.865. The fourth-order valence-corrected chi connectivity index (χ4v) is 2.87. The van der Waals surface area contributed by atoms with E-state index in [1.165, 1.54) is 30.5 Å². The maximum atomic E-state index is 13.0. The lowest BCUT2D eigenvalue weighted by Gasteiger charge is -2.30. The summed E-state index contributed by atoms with van der Waals surface area (Å²) in [6.45, 7) is -0.0583. The van der Waals surface area contributed by atoms with Crippen molar-refractivity contribution in [1.82, 2.24) is 0 Å². The van der Waals surface area contributed by atoms with Gasteiger partial charge >= 0.3 is 0 Å². The van der Waals surface area contributed by atoms with Gasteiger partial charge in [0.1, 0.15) is 5.69 Å². The van der Waals surface area contributed by atoms with E-state index in [4.69, 9.17) is 5.11 Å². The third-order valence-corrected chi connectivity index (χ3v) is 4.02. The van der Waals surface area contributed by atoms with Crippen LogP contribution in [0.4, 0.5) is 11.4 Å². The van der Waals surface area contributed by atoms with E-state index >= 15 is 0 Å². The molecule has 0 radical (unpaired) electrons. The van der Waals surface area contributed by atoms with Crippen molar-refractivity contribution in [1.29, 1.82) is 0 Å². The van der Waals surface area contributed by atoms with E-state index in [9.17, 15) is 19.7 Å². The minimum Gasteiger partial charge on any atom is -0.394 e. The molecule has 1 atom stereocenters. The van der Waals surface area contributed by atoms with Crippen LogP contribution < -0.4 is 4.90 Å². The van der Waals surface area contributed by atoms with Gasteiger partial charge in [0.25, 0.3) is 11.6 Å². The molecule has 1 aliphatic rings. The van der Waals surface area contributed by atoms with E-state index in [1.807, 2.05) is 0 Å². The molecule has 0 bridgehead atoms. The minimum absolute atomic E-state index is 0.0810. The molecular formula is C18H15N3O5. The molecule has 2 aromatic rings. The average molecular weight is 353 g/mol. The fourth-order valence-electron chi connectivity index (χ4n) is 2.87. The third-order valence-electron chi connectivity index (χ3n) is 4.02. The summed E-state index contributed by atoms with van der Waals surface area (Å²) < 4.78 is 0. The molecule has 2 amide bonds. The van der Waals surface area contributed by atoms with Gasteiger partial charge < -0.3 is 5.11 Å². The normalized spacial score (nSPS) is 16.8. The predicted molar refractivity (Wildman–Crippen MR) is 94.5 cm³/mol. The Balaban J connectivity index is 2.15. The summed E-state index contributed by atoms with van der Waals surface area (Å²) in [5, 5.41) is 20.2. The van der Waals surface area contributed by atoms with E-state index in [2.05, 4.69) is 4.99 Å². The van der Waals surface area contributed by atoms with Gasteiger partial charge in [-0.15, -0.1) is 0 Å². The van der Waals surface area contributed by atoms with Crippen molar-refractivity contribution in [3.05, 3.63) is 69.8 Å². The van der Waals surface area contributed by atoms with Gasteiger partial charge in [-0.25, -0.2) is 4.90 Å². The van der Waals surface area contributed by atoms with Crippen molar-refractivity contribution in [3.8, 4) is 0 Å². The lowest BCUT2D eigenvalue weighted by Crippen LogP contribution is -2.45. The van der Waals surface area contributed by atoms with E-state index in [0.29, 0.717) is 5.56 Å². The summed E-state index contributed by atoms with van der Waals surface area (Å²) in [5.41, 5.74) is 0.354. The van der Waals surface area contributed by atoms with Crippen molar-refractivity contribution in [3.63, 3.8) is 0 Å². The highest BCUT2D eigenvalue weighted by molar-refractivity contribution is 6.29. The van der Waals surface area contributed by atoms with Gasteiger partial charge in [0.2, 0.25) is 5.91 Å². The van der Waals surface area contributed by atoms with Gasteiger partial charge in [0.15, 0.2) is 0 Å². The Morgan fingerprint density at radius 1 is 1.15 bits per heavy atom. The third kappa shape index (κ3) is 2.98. The molecule has 26 heavy (non-hydrogen) atoms. The predicted octanol–water partition coefficient (Wildman–Crippen LogP) is 1.93. The Bertz CT molecular complexity index is 909. The number of para-hydroxylation sites is 2. The molecule has 0 aromatic heterocycles. The highest BCUT2D eigenvalue weighted by atomic mass is 16.6. The second kappa shape index (κ2) is 7.24. The molecule has 2 aromatic carbocycles.